The molecule has 0 heterocycles. The molecule has 5 rings (SSSR count). The number of hydrogen-bond acceptors (Lipinski definition) is 4. The van der Waals surface area contributed by atoms with Gasteiger partial charge in [0.05, 0.1) is 17.0 Å². The maximum Gasteiger partial charge on any atom is 0.304 e. The van der Waals surface area contributed by atoms with Gasteiger partial charge in [0.1, 0.15) is 0 Å². The van der Waals surface area contributed by atoms with Crippen LogP contribution in [0.4, 0.5) is 5.69 Å². The SMILES string of the molecule is O=C(O)CCNCCNc1ccc(Cl)c(C(=O)NCC23CC4CC(CC(C4)C2)C3)c1. The van der Waals surface area contributed by atoms with Crippen molar-refractivity contribution in [3.8, 4) is 0 Å². The van der Waals surface area contributed by atoms with Gasteiger partial charge in [0.25, 0.3) is 5.91 Å². The number of anilines is 1. The van der Waals surface area contributed by atoms with Gasteiger partial charge in [0.2, 0.25) is 0 Å². The molecule has 0 spiro atoms. The van der Waals surface area contributed by atoms with Crippen LogP contribution < -0.4 is 16.0 Å². The van der Waals surface area contributed by atoms with Gasteiger partial charge in [-0.15, -0.1) is 0 Å². The number of halogens is 1. The lowest BCUT2D eigenvalue weighted by Gasteiger charge is -2.56. The lowest BCUT2D eigenvalue weighted by Crippen LogP contribution is -2.51. The molecule has 1 aromatic carbocycles. The maximum absolute atomic E-state index is 12.9. The fraction of sp³-hybridized carbons (Fsp3) is 0.652. The highest BCUT2D eigenvalue weighted by Crippen LogP contribution is 2.59. The molecule has 1 aromatic rings. The van der Waals surface area contributed by atoms with Crippen molar-refractivity contribution in [3.63, 3.8) is 0 Å². The van der Waals surface area contributed by atoms with Gasteiger partial charge >= 0.3 is 5.97 Å². The number of benzene rings is 1. The van der Waals surface area contributed by atoms with E-state index in [2.05, 4.69) is 16.0 Å². The first-order chi connectivity index (χ1) is 14.4. The number of carboxylic acids is 1. The van der Waals surface area contributed by atoms with E-state index in [1.54, 1.807) is 12.1 Å². The Kier molecular flexibility index (Phi) is 6.54. The molecule has 4 fully saturated rings. The third kappa shape index (κ3) is 5.09. The van der Waals surface area contributed by atoms with Gasteiger partial charge in [-0.05, 0) is 79.9 Å². The van der Waals surface area contributed by atoms with Crippen molar-refractivity contribution in [2.24, 2.45) is 23.2 Å². The monoisotopic (exact) mass is 433 g/mol. The molecule has 0 saturated heterocycles. The van der Waals surface area contributed by atoms with Crippen molar-refractivity contribution in [2.75, 3.05) is 31.5 Å². The first-order valence-corrected chi connectivity index (χ1v) is 11.5. The summed E-state index contributed by atoms with van der Waals surface area (Å²) in [5.74, 6) is 1.70. The Morgan fingerprint density at radius 1 is 1.03 bits per heavy atom. The van der Waals surface area contributed by atoms with Crippen LogP contribution in [-0.2, 0) is 4.79 Å². The molecular formula is C23H32ClN3O3. The highest BCUT2D eigenvalue weighted by Gasteiger charge is 2.50. The Labute approximate surface area is 183 Å². The Morgan fingerprint density at radius 3 is 2.33 bits per heavy atom. The molecule has 30 heavy (non-hydrogen) atoms. The van der Waals surface area contributed by atoms with Crippen LogP contribution in [-0.4, -0.2) is 43.2 Å². The molecule has 0 radical (unpaired) electrons. The summed E-state index contributed by atoms with van der Waals surface area (Å²) in [4.78, 5) is 23.4. The van der Waals surface area contributed by atoms with Crippen LogP contribution in [0.1, 0.15) is 55.3 Å². The first kappa shape index (κ1) is 21.4. The summed E-state index contributed by atoms with van der Waals surface area (Å²) in [6.45, 7) is 2.48. The van der Waals surface area contributed by atoms with Gasteiger partial charge in [-0.25, -0.2) is 0 Å². The molecule has 1 amide bonds. The third-order valence-corrected chi connectivity index (χ3v) is 7.48. The summed E-state index contributed by atoms with van der Waals surface area (Å²) >= 11 is 6.32. The van der Waals surface area contributed by atoms with Gasteiger partial charge < -0.3 is 21.1 Å². The number of nitrogens with one attached hydrogen (secondary N) is 3. The summed E-state index contributed by atoms with van der Waals surface area (Å²) in [5.41, 5.74) is 1.64. The van der Waals surface area contributed by atoms with E-state index in [1.807, 2.05) is 6.07 Å². The average Bonchev–Trinajstić information content (AvgIpc) is 2.69. The van der Waals surface area contributed by atoms with Crippen LogP contribution in [0.2, 0.25) is 5.02 Å². The maximum atomic E-state index is 12.9. The van der Waals surface area contributed by atoms with Crippen LogP contribution in [0.3, 0.4) is 0 Å². The van der Waals surface area contributed by atoms with E-state index >= 15 is 0 Å². The summed E-state index contributed by atoms with van der Waals surface area (Å²) in [6, 6.07) is 5.41. The minimum atomic E-state index is -0.808. The van der Waals surface area contributed by atoms with Crippen molar-refractivity contribution >= 4 is 29.2 Å². The molecule has 4 aliphatic carbocycles. The van der Waals surface area contributed by atoms with E-state index in [0.717, 1.165) is 30.0 Å². The zero-order chi connectivity index (χ0) is 21.1. The van der Waals surface area contributed by atoms with E-state index in [1.165, 1.54) is 38.5 Å². The zero-order valence-electron chi connectivity index (χ0n) is 17.4. The highest BCUT2D eigenvalue weighted by atomic mass is 35.5. The molecule has 4 bridgehead atoms. The quantitative estimate of drug-likeness (QED) is 0.422. The Hall–Kier alpha value is -1.79. The third-order valence-electron chi connectivity index (χ3n) is 7.15. The van der Waals surface area contributed by atoms with E-state index < -0.39 is 5.97 Å². The minimum absolute atomic E-state index is 0.0982. The zero-order valence-corrected chi connectivity index (χ0v) is 18.1. The van der Waals surface area contributed by atoms with E-state index in [9.17, 15) is 9.59 Å². The number of carbonyl (C=O) groups is 2. The highest BCUT2D eigenvalue weighted by molar-refractivity contribution is 6.34. The largest absolute Gasteiger partial charge is 0.481 e. The minimum Gasteiger partial charge on any atom is -0.481 e. The Bertz CT molecular complexity index is 763. The molecule has 7 heteroatoms. The second-order valence-electron chi connectivity index (χ2n) is 9.62. The van der Waals surface area contributed by atoms with E-state index in [4.69, 9.17) is 16.7 Å². The van der Waals surface area contributed by atoms with Gasteiger partial charge in [0.15, 0.2) is 0 Å². The number of carbonyl (C=O) groups excluding carboxylic acids is 1. The Balaban J connectivity index is 1.28. The van der Waals surface area contributed by atoms with Crippen molar-refractivity contribution in [3.05, 3.63) is 28.8 Å². The van der Waals surface area contributed by atoms with Crippen LogP contribution in [0, 0.1) is 23.2 Å². The van der Waals surface area contributed by atoms with Crippen LogP contribution in [0.25, 0.3) is 0 Å². The van der Waals surface area contributed by atoms with Crippen LogP contribution in [0.15, 0.2) is 18.2 Å². The molecule has 0 aliphatic heterocycles. The standard InChI is InChI=1S/C23H32ClN3O3/c24-20-2-1-18(26-6-5-25-4-3-21(28)29)10-19(20)22(30)27-14-23-11-15-7-16(12-23)9-17(8-15)13-23/h1-2,10,15-17,25-26H,3-9,11-14H2,(H,27,30)(H,28,29). The number of amides is 1. The fourth-order valence-electron chi connectivity index (χ4n) is 6.29. The molecule has 0 atom stereocenters. The van der Waals surface area contributed by atoms with Crippen LogP contribution >= 0.6 is 11.6 Å². The molecule has 6 nitrogen and oxygen atoms in total. The molecular weight excluding hydrogens is 402 g/mol. The first-order valence-electron chi connectivity index (χ1n) is 11.2. The van der Waals surface area contributed by atoms with E-state index in [0.29, 0.717) is 35.6 Å². The second-order valence-corrected chi connectivity index (χ2v) is 10.0. The number of aliphatic carboxylic acids is 1. The topological polar surface area (TPSA) is 90.5 Å². The van der Waals surface area contributed by atoms with Gasteiger partial charge in [-0.1, -0.05) is 11.6 Å². The molecule has 4 saturated carbocycles. The summed E-state index contributed by atoms with van der Waals surface area (Å²) in [5, 5.41) is 18.6. The van der Waals surface area contributed by atoms with Gasteiger partial charge in [-0.2, -0.15) is 0 Å². The summed E-state index contributed by atoms with van der Waals surface area (Å²) < 4.78 is 0. The van der Waals surface area contributed by atoms with Crippen LogP contribution in [0.5, 0.6) is 0 Å². The normalized spacial score (nSPS) is 29.0. The molecule has 164 valence electrons. The fourth-order valence-corrected chi connectivity index (χ4v) is 6.50. The second kappa shape index (κ2) is 9.15. The predicted molar refractivity (Wildman–Crippen MR) is 118 cm³/mol. The molecule has 0 aromatic heterocycles. The van der Waals surface area contributed by atoms with Gasteiger partial charge in [0, 0.05) is 31.9 Å². The smallest absolute Gasteiger partial charge is 0.304 e. The van der Waals surface area contributed by atoms with Gasteiger partial charge in [-0.3, -0.25) is 9.59 Å². The average molecular weight is 434 g/mol. The van der Waals surface area contributed by atoms with Crippen molar-refractivity contribution in [1.82, 2.24) is 10.6 Å². The van der Waals surface area contributed by atoms with Crippen molar-refractivity contribution in [1.29, 1.82) is 0 Å². The Morgan fingerprint density at radius 2 is 1.70 bits per heavy atom. The molecule has 4 aliphatic rings. The molecule has 4 N–H and O–H groups in total. The van der Waals surface area contributed by atoms with Crippen molar-refractivity contribution < 1.29 is 14.7 Å². The summed E-state index contributed by atoms with van der Waals surface area (Å²) in [6.07, 6.45) is 8.11. The lowest BCUT2D eigenvalue weighted by molar-refractivity contribution is -0.136. The lowest BCUT2D eigenvalue weighted by atomic mass is 9.49. The summed E-state index contributed by atoms with van der Waals surface area (Å²) in [7, 11) is 0. The number of hydrogen-bond donors (Lipinski definition) is 4. The number of carboxylic acid groups (broad SMARTS) is 1. The van der Waals surface area contributed by atoms with Crippen molar-refractivity contribution in [2.45, 2.75) is 44.9 Å². The predicted octanol–water partition coefficient (Wildman–Crippen LogP) is 3.76. The molecule has 0 unspecified atom stereocenters. The number of rotatable bonds is 10. The van der Waals surface area contributed by atoms with E-state index in [-0.39, 0.29) is 12.3 Å².